The summed E-state index contributed by atoms with van der Waals surface area (Å²) in [6, 6.07) is 9.21. The second-order valence-corrected chi connectivity index (χ2v) is 12.2. The number of nitrogens with zero attached hydrogens (tertiary/aromatic N) is 4. The summed E-state index contributed by atoms with van der Waals surface area (Å²) in [6.45, 7) is 15.8. The van der Waals surface area contributed by atoms with Crippen LogP contribution in [-0.2, 0) is 23.1 Å². The molecule has 1 N–H and O–H groups in total. The van der Waals surface area contributed by atoms with Crippen LogP contribution in [0.3, 0.4) is 0 Å². The molecular weight excluding hydrogens is 558 g/mol. The lowest BCUT2D eigenvalue weighted by Crippen LogP contribution is -2.35. The molecule has 0 spiro atoms. The fourth-order valence-corrected chi connectivity index (χ4v) is 5.27. The number of amides is 1. The van der Waals surface area contributed by atoms with Gasteiger partial charge in [-0.2, -0.15) is 0 Å². The van der Waals surface area contributed by atoms with Crippen LogP contribution in [-0.4, -0.2) is 50.0 Å². The lowest BCUT2D eigenvalue weighted by atomic mass is 10.1. The molecule has 0 saturated heterocycles. The van der Waals surface area contributed by atoms with E-state index in [0.717, 1.165) is 47.2 Å². The number of esters is 1. The Morgan fingerprint density at radius 3 is 2.52 bits per heavy atom. The second kappa shape index (κ2) is 13.5. The minimum atomic E-state index is -0.600. The number of fused-ring (bicyclic) bond motifs is 2. The van der Waals surface area contributed by atoms with Crippen LogP contribution in [0.25, 0.3) is 33.6 Å². The summed E-state index contributed by atoms with van der Waals surface area (Å²) in [6.07, 6.45) is 4.47. The molecule has 0 saturated carbocycles. The van der Waals surface area contributed by atoms with Crippen molar-refractivity contribution in [1.29, 1.82) is 0 Å². The number of aryl methyl sites for hydroxylation is 2. The maximum atomic E-state index is 12.7. The maximum Gasteiger partial charge on any atom is 0.408 e. The molecule has 0 radical (unpaired) electrons. The van der Waals surface area contributed by atoms with E-state index in [4.69, 9.17) is 24.2 Å². The molecule has 0 fully saturated rings. The average molecular weight is 604 g/mol. The van der Waals surface area contributed by atoms with Crippen molar-refractivity contribution in [2.24, 2.45) is 7.05 Å². The van der Waals surface area contributed by atoms with E-state index >= 15 is 0 Å². The van der Waals surface area contributed by atoms with Gasteiger partial charge in [0.2, 0.25) is 0 Å². The number of imidazole rings is 1. The summed E-state index contributed by atoms with van der Waals surface area (Å²) in [5.74, 6) is 0.817. The van der Waals surface area contributed by atoms with Gasteiger partial charge in [0.15, 0.2) is 5.82 Å². The van der Waals surface area contributed by atoms with Gasteiger partial charge in [-0.15, -0.1) is 6.58 Å². The first-order chi connectivity index (χ1) is 20.9. The van der Waals surface area contributed by atoms with Gasteiger partial charge >= 0.3 is 12.1 Å². The number of nitrogens with one attached hydrogen (secondary N) is 1. The Labute approximate surface area is 259 Å². The van der Waals surface area contributed by atoms with Gasteiger partial charge in [0.05, 0.1) is 41.7 Å². The van der Waals surface area contributed by atoms with Crippen molar-refractivity contribution in [1.82, 2.24) is 24.4 Å². The van der Waals surface area contributed by atoms with Crippen LogP contribution in [0.15, 0.2) is 43.0 Å². The third-order valence-corrected chi connectivity index (χ3v) is 7.14. The summed E-state index contributed by atoms with van der Waals surface area (Å²) < 4.78 is 20.8. The van der Waals surface area contributed by atoms with Crippen molar-refractivity contribution in [3.63, 3.8) is 0 Å². The molecule has 4 rings (SSSR count). The van der Waals surface area contributed by atoms with Gasteiger partial charge in [-0.05, 0) is 84.2 Å². The molecule has 0 bridgehead atoms. The molecule has 1 atom stereocenters. The number of pyridine rings is 1. The molecule has 3 aromatic heterocycles. The zero-order valence-electron chi connectivity index (χ0n) is 27.2. The number of hydrogen-bond donors (Lipinski definition) is 1. The number of hydrogen-bond acceptors (Lipinski definition) is 7. The van der Waals surface area contributed by atoms with Crippen molar-refractivity contribution in [3.8, 4) is 17.3 Å². The minimum absolute atomic E-state index is 0.247. The SMILES string of the molecule is C=CCCCn1c(-c2nc3cc(C(=O)OC(C)C)cc(OC)c3n2C)cc2ccc(C(CCC)NC(=O)OC(C)(C)C)nc21. The number of methoxy groups -OCH3 is 1. The predicted molar refractivity (Wildman–Crippen MR) is 173 cm³/mol. The lowest BCUT2D eigenvalue weighted by Gasteiger charge is -2.23. The number of aromatic nitrogens is 4. The number of rotatable bonds is 12. The normalized spacial score (nSPS) is 12.5. The molecule has 1 amide bonds. The van der Waals surface area contributed by atoms with Crippen LogP contribution in [0, 0.1) is 0 Å². The first-order valence-corrected chi connectivity index (χ1v) is 15.2. The molecule has 0 aliphatic heterocycles. The van der Waals surface area contributed by atoms with Crippen LogP contribution in [0.2, 0.25) is 0 Å². The molecule has 0 aliphatic rings. The topological polar surface area (TPSA) is 110 Å². The Kier molecular flexibility index (Phi) is 10.0. The van der Waals surface area contributed by atoms with E-state index in [0.29, 0.717) is 35.6 Å². The van der Waals surface area contributed by atoms with Gasteiger partial charge in [0.25, 0.3) is 0 Å². The largest absolute Gasteiger partial charge is 0.494 e. The summed E-state index contributed by atoms with van der Waals surface area (Å²) in [4.78, 5) is 35.5. The van der Waals surface area contributed by atoms with Crippen LogP contribution in [0.4, 0.5) is 4.79 Å². The van der Waals surface area contributed by atoms with Gasteiger partial charge in [-0.25, -0.2) is 19.6 Å². The van der Waals surface area contributed by atoms with Crippen LogP contribution >= 0.6 is 0 Å². The van der Waals surface area contributed by atoms with E-state index < -0.39 is 17.7 Å². The number of carbonyl (C=O) groups is 2. The fourth-order valence-electron chi connectivity index (χ4n) is 5.27. The second-order valence-electron chi connectivity index (χ2n) is 12.2. The Balaban J connectivity index is 1.84. The molecule has 0 aliphatic carbocycles. The number of alkyl carbamates (subject to hydrolysis) is 1. The molecule has 10 heteroatoms. The molecule has 1 unspecified atom stereocenters. The third kappa shape index (κ3) is 7.23. The Bertz CT molecular complexity index is 1660. The highest BCUT2D eigenvalue weighted by Crippen LogP contribution is 2.35. The Morgan fingerprint density at radius 1 is 1.14 bits per heavy atom. The van der Waals surface area contributed by atoms with Crippen LogP contribution in [0.1, 0.15) is 89.3 Å². The Morgan fingerprint density at radius 2 is 1.89 bits per heavy atom. The smallest absolute Gasteiger partial charge is 0.408 e. The minimum Gasteiger partial charge on any atom is -0.494 e. The first kappa shape index (κ1) is 32.6. The molecular formula is C34H45N5O5. The summed E-state index contributed by atoms with van der Waals surface area (Å²) in [5, 5.41) is 3.97. The van der Waals surface area contributed by atoms with Crippen molar-refractivity contribution in [2.45, 2.75) is 91.5 Å². The van der Waals surface area contributed by atoms with Crippen molar-refractivity contribution in [2.75, 3.05) is 7.11 Å². The van der Waals surface area contributed by atoms with Gasteiger partial charge in [-0.1, -0.05) is 19.4 Å². The number of ether oxygens (including phenoxy) is 3. The van der Waals surface area contributed by atoms with E-state index in [1.54, 1.807) is 19.2 Å². The Hall–Kier alpha value is -4.34. The zero-order valence-corrected chi connectivity index (χ0v) is 27.2. The maximum absolute atomic E-state index is 12.7. The summed E-state index contributed by atoms with van der Waals surface area (Å²) in [5.41, 5.74) is 3.62. The highest BCUT2D eigenvalue weighted by atomic mass is 16.6. The summed E-state index contributed by atoms with van der Waals surface area (Å²) >= 11 is 0. The van der Waals surface area contributed by atoms with E-state index in [1.165, 1.54) is 0 Å². The predicted octanol–water partition coefficient (Wildman–Crippen LogP) is 7.50. The fraction of sp³-hybridized carbons (Fsp3) is 0.471. The van der Waals surface area contributed by atoms with Gasteiger partial charge in [-0.3, -0.25) is 0 Å². The van der Waals surface area contributed by atoms with Crippen molar-refractivity contribution < 1.29 is 23.8 Å². The molecule has 3 heterocycles. The third-order valence-electron chi connectivity index (χ3n) is 7.14. The van der Waals surface area contributed by atoms with Gasteiger partial charge in [0.1, 0.15) is 22.5 Å². The number of unbranched alkanes of at least 4 members (excludes halogenated alkanes) is 1. The average Bonchev–Trinajstić information content (AvgIpc) is 3.47. The molecule has 236 valence electrons. The lowest BCUT2D eigenvalue weighted by molar-refractivity contribution is 0.0376. The van der Waals surface area contributed by atoms with Crippen molar-refractivity contribution >= 4 is 34.1 Å². The van der Waals surface area contributed by atoms with Gasteiger partial charge in [0, 0.05) is 19.0 Å². The van der Waals surface area contributed by atoms with E-state index in [1.807, 2.05) is 64.4 Å². The monoisotopic (exact) mass is 603 g/mol. The van der Waals surface area contributed by atoms with Crippen molar-refractivity contribution in [3.05, 3.63) is 54.2 Å². The highest BCUT2D eigenvalue weighted by Gasteiger charge is 2.24. The molecule has 4 aromatic rings. The molecule has 10 nitrogen and oxygen atoms in total. The van der Waals surface area contributed by atoms with Crippen LogP contribution in [0.5, 0.6) is 5.75 Å². The number of allylic oxidation sites excluding steroid dienone is 1. The summed E-state index contributed by atoms with van der Waals surface area (Å²) in [7, 11) is 3.51. The molecule has 44 heavy (non-hydrogen) atoms. The first-order valence-electron chi connectivity index (χ1n) is 15.2. The van der Waals surface area contributed by atoms with Gasteiger partial charge < -0.3 is 28.7 Å². The van der Waals surface area contributed by atoms with E-state index in [2.05, 4.69) is 29.5 Å². The number of carbonyl (C=O) groups excluding carboxylic acids is 2. The highest BCUT2D eigenvalue weighted by molar-refractivity contribution is 5.97. The van der Waals surface area contributed by atoms with Crippen LogP contribution < -0.4 is 10.1 Å². The molecule has 1 aromatic carbocycles. The van der Waals surface area contributed by atoms with E-state index in [-0.39, 0.29) is 12.1 Å². The van der Waals surface area contributed by atoms with E-state index in [9.17, 15) is 9.59 Å². The standard InChI is InChI=1S/C34H45N5O5/c1-10-12-13-17-39-27(31-36-26-18-23(32(40)43-21(3)4)20-28(42-9)29(26)38(31)8)19-22-15-16-25(35-30(22)39)24(14-11-2)37-33(41)44-34(5,6)7/h10,15-16,18-21,24H,1,11-14,17H2,2-9H3,(H,37,41). The number of benzene rings is 1. The quantitative estimate of drug-likeness (QED) is 0.101. The zero-order chi connectivity index (χ0) is 32.2.